The predicted molar refractivity (Wildman–Crippen MR) is 78.6 cm³/mol. The van der Waals surface area contributed by atoms with E-state index in [1.807, 2.05) is 24.3 Å². The van der Waals surface area contributed by atoms with Crippen LogP contribution in [-0.4, -0.2) is 20.9 Å². The SMILES string of the molecule is CC(C)Cc1ccc(-c2c(C(=O)O)nn(C)c2N)cc1. The van der Waals surface area contributed by atoms with E-state index in [-0.39, 0.29) is 5.69 Å². The first-order valence-electron chi connectivity index (χ1n) is 6.55. The summed E-state index contributed by atoms with van der Waals surface area (Å²) < 4.78 is 1.39. The van der Waals surface area contributed by atoms with Crippen LogP contribution in [0.25, 0.3) is 11.1 Å². The second-order valence-electron chi connectivity index (χ2n) is 5.33. The van der Waals surface area contributed by atoms with Crippen molar-refractivity contribution in [1.82, 2.24) is 9.78 Å². The number of aromatic carboxylic acids is 1. The number of aromatic nitrogens is 2. The molecule has 0 bridgehead atoms. The van der Waals surface area contributed by atoms with Gasteiger partial charge in [-0.2, -0.15) is 5.10 Å². The largest absolute Gasteiger partial charge is 0.476 e. The summed E-state index contributed by atoms with van der Waals surface area (Å²) in [6.07, 6.45) is 0.995. The molecule has 0 amide bonds. The summed E-state index contributed by atoms with van der Waals surface area (Å²) in [5.41, 5.74) is 8.40. The smallest absolute Gasteiger partial charge is 0.357 e. The Hall–Kier alpha value is -2.30. The Labute approximate surface area is 118 Å². The maximum absolute atomic E-state index is 11.2. The molecule has 0 radical (unpaired) electrons. The van der Waals surface area contributed by atoms with Crippen molar-refractivity contribution in [3.63, 3.8) is 0 Å². The van der Waals surface area contributed by atoms with Crippen molar-refractivity contribution in [3.8, 4) is 11.1 Å². The number of hydrogen-bond donors (Lipinski definition) is 2. The van der Waals surface area contributed by atoms with Crippen molar-refractivity contribution in [2.24, 2.45) is 13.0 Å². The van der Waals surface area contributed by atoms with E-state index in [9.17, 15) is 9.90 Å². The Kier molecular flexibility index (Phi) is 3.79. The van der Waals surface area contributed by atoms with Gasteiger partial charge in [-0.05, 0) is 23.5 Å². The van der Waals surface area contributed by atoms with Crippen LogP contribution in [-0.2, 0) is 13.5 Å². The summed E-state index contributed by atoms with van der Waals surface area (Å²) >= 11 is 0. The highest BCUT2D eigenvalue weighted by molar-refractivity contribution is 5.97. The monoisotopic (exact) mass is 273 g/mol. The molecule has 0 aliphatic carbocycles. The van der Waals surface area contributed by atoms with E-state index >= 15 is 0 Å². The van der Waals surface area contributed by atoms with Gasteiger partial charge in [0.25, 0.3) is 0 Å². The van der Waals surface area contributed by atoms with Crippen LogP contribution in [0.1, 0.15) is 29.9 Å². The van der Waals surface area contributed by atoms with Crippen LogP contribution in [0.4, 0.5) is 5.82 Å². The van der Waals surface area contributed by atoms with Crippen LogP contribution in [0.2, 0.25) is 0 Å². The molecule has 0 aliphatic rings. The Morgan fingerprint density at radius 1 is 1.35 bits per heavy atom. The van der Waals surface area contributed by atoms with Crippen LogP contribution in [0.5, 0.6) is 0 Å². The zero-order valence-electron chi connectivity index (χ0n) is 11.9. The minimum Gasteiger partial charge on any atom is -0.476 e. The number of carbonyl (C=O) groups is 1. The molecule has 20 heavy (non-hydrogen) atoms. The van der Waals surface area contributed by atoms with Crippen molar-refractivity contribution in [1.29, 1.82) is 0 Å². The third-order valence-electron chi connectivity index (χ3n) is 3.18. The van der Waals surface area contributed by atoms with Crippen molar-refractivity contribution in [2.45, 2.75) is 20.3 Å². The maximum atomic E-state index is 11.2. The first-order valence-corrected chi connectivity index (χ1v) is 6.55. The molecule has 1 aromatic heterocycles. The number of nitrogen functional groups attached to an aromatic ring is 1. The molecule has 5 heteroatoms. The molecule has 5 nitrogen and oxygen atoms in total. The molecule has 0 atom stereocenters. The quantitative estimate of drug-likeness (QED) is 0.897. The maximum Gasteiger partial charge on any atom is 0.357 e. The van der Waals surface area contributed by atoms with Gasteiger partial charge in [0, 0.05) is 7.05 Å². The van der Waals surface area contributed by atoms with Gasteiger partial charge >= 0.3 is 5.97 Å². The van der Waals surface area contributed by atoms with E-state index < -0.39 is 5.97 Å². The van der Waals surface area contributed by atoms with Gasteiger partial charge in [0.15, 0.2) is 5.69 Å². The molecule has 2 rings (SSSR count). The number of rotatable bonds is 4. The fraction of sp³-hybridized carbons (Fsp3) is 0.333. The van der Waals surface area contributed by atoms with Crippen LogP contribution in [0.3, 0.4) is 0 Å². The number of carboxylic acid groups (broad SMARTS) is 1. The van der Waals surface area contributed by atoms with Crippen LogP contribution >= 0.6 is 0 Å². The number of carboxylic acids is 1. The van der Waals surface area contributed by atoms with Crippen LogP contribution in [0.15, 0.2) is 24.3 Å². The highest BCUT2D eigenvalue weighted by Crippen LogP contribution is 2.29. The summed E-state index contributed by atoms with van der Waals surface area (Å²) in [6, 6.07) is 7.82. The third kappa shape index (κ3) is 2.66. The summed E-state index contributed by atoms with van der Waals surface area (Å²) in [4.78, 5) is 11.2. The third-order valence-corrected chi connectivity index (χ3v) is 3.18. The fourth-order valence-electron chi connectivity index (χ4n) is 2.25. The van der Waals surface area contributed by atoms with Crippen molar-refractivity contribution in [2.75, 3.05) is 5.73 Å². The van der Waals surface area contributed by atoms with Crippen LogP contribution < -0.4 is 5.73 Å². The molecule has 0 unspecified atom stereocenters. The Morgan fingerprint density at radius 2 is 1.95 bits per heavy atom. The van der Waals surface area contributed by atoms with Gasteiger partial charge in [0.2, 0.25) is 0 Å². The molecule has 0 fully saturated rings. The summed E-state index contributed by atoms with van der Waals surface area (Å²) in [6.45, 7) is 4.32. The highest BCUT2D eigenvalue weighted by atomic mass is 16.4. The molecule has 0 aliphatic heterocycles. The molecule has 2 aromatic rings. The van der Waals surface area contributed by atoms with Gasteiger partial charge in [-0.3, -0.25) is 4.68 Å². The highest BCUT2D eigenvalue weighted by Gasteiger charge is 2.20. The zero-order chi connectivity index (χ0) is 14.9. The first kappa shape index (κ1) is 14.1. The molecule has 106 valence electrons. The number of hydrogen-bond acceptors (Lipinski definition) is 3. The van der Waals surface area contributed by atoms with Crippen molar-refractivity contribution >= 4 is 11.8 Å². The molecule has 0 spiro atoms. The Morgan fingerprint density at radius 3 is 2.45 bits per heavy atom. The first-order chi connectivity index (χ1) is 9.40. The Balaban J connectivity index is 2.44. The van der Waals surface area contributed by atoms with Crippen molar-refractivity contribution in [3.05, 3.63) is 35.5 Å². The van der Waals surface area contributed by atoms with Crippen LogP contribution in [0, 0.1) is 5.92 Å². The minimum atomic E-state index is -1.07. The molecule has 3 N–H and O–H groups in total. The number of aryl methyl sites for hydroxylation is 1. The molecule has 1 aromatic carbocycles. The standard InChI is InChI=1S/C15H19N3O2/c1-9(2)8-10-4-6-11(7-5-10)12-13(15(19)20)17-18(3)14(12)16/h4-7,9H,8,16H2,1-3H3,(H,19,20). The van der Waals surface area contributed by atoms with Gasteiger partial charge in [-0.25, -0.2) is 4.79 Å². The van der Waals surface area contributed by atoms with E-state index in [2.05, 4.69) is 18.9 Å². The lowest BCUT2D eigenvalue weighted by Gasteiger charge is -2.07. The number of anilines is 1. The number of nitrogens with zero attached hydrogens (tertiary/aromatic N) is 2. The summed E-state index contributed by atoms with van der Waals surface area (Å²) in [7, 11) is 1.64. The predicted octanol–water partition coefficient (Wildman–Crippen LogP) is 2.57. The minimum absolute atomic E-state index is 0.0124. The summed E-state index contributed by atoms with van der Waals surface area (Å²) in [5.74, 6) is -0.128. The Bertz CT molecular complexity index is 627. The van der Waals surface area contributed by atoms with E-state index in [4.69, 9.17) is 5.73 Å². The number of nitrogens with two attached hydrogens (primary N) is 1. The molecule has 1 heterocycles. The molecule has 0 saturated carbocycles. The van der Waals surface area contributed by atoms with Gasteiger partial charge in [0.1, 0.15) is 5.82 Å². The van der Waals surface area contributed by atoms with Gasteiger partial charge in [-0.15, -0.1) is 0 Å². The van der Waals surface area contributed by atoms with Gasteiger partial charge in [-0.1, -0.05) is 38.1 Å². The molecular formula is C15H19N3O2. The van der Waals surface area contributed by atoms with Gasteiger partial charge < -0.3 is 10.8 Å². The molecular weight excluding hydrogens is 254 g/mol. The topological polar surface area (TPSA) is 81.1 Å². The lowest BCUT2D eigenvalue weighted by atomic mass is 9.99. The zero-order valence-corrected chi connectivity index (χ0v) is 11.9. The fourth-order valence-corrected chi connectivity index (χ4v) is 2.25. The average molecular weight is 273 g/mol. The average Bonchev–Trinajstić information content (AvgIpc) is 2.67. The van der Waals surface area contributed by atoms with Gasteiger partial charge in [0.05, 0.1) is 5.56 Å². The summed E-state index contributed by atoms with van der Waals surface area (Å²) in [5, 5.41) is 13.2. The van der Waals surface area contributed by atoms with E-state index in [0.29, 0.717) is 17.3 Å². The normalized spacial score (nSPS) is 11.0. The lowest BCUT2D eigenvalue weighted by molar-refractivity contribution is 0.0690. The van der Waals surface area contributed by atoms with E-state index in [0.717, 1.165) is 12.0 Å². The lowest BCUT2D eigenvalue weighted by Crippen LogP contribution is -2.00. The van der Waals surface area contributed by atoms with E-state index in [1.165, 1.54) is 10.2 Å². The second-order valence-corrected chi connectivity index (χ2v) is 5.33. The van der Waals surface area contributed by atoms with Crippen molar-refractivity contribution < 1.29 is 9.90 Å². The molecule has 0 saturated heterocycles. The number of benzene rings is 1. The second kappa shape index (κ2) is 5.36. The van der Waals surface area contributed by atoms with E-state index in [1.54, 1.807) is 7.05 Å².